The molecule has 0 saturated carbocycles. The van der Waals surface area contributed by atoms with Gasteiger partial charge in [0.25, 0.3) is 5.91 Å². The average molecular weight is 436 g/mol. The van der Waals surface area contributed by atoms with Gasteiger partial charge in [0.2, 0.25) is 0 Å². The summed E-state index contributed by atoms with van der Waals surface area (Å²) in [6, 6.07) is 30.4. The number of phenolic OH excluding ortho intramolecular Hbond substituents is 1. The van der Waals surface area contributed by atoms with Crippen LogP contribution in [0.3, 0.4) is 0 Å². The van der Waals surface area contributed by atoms with Crippen LogP contribution in [-0.2, 0) is 6.42 Å². The number of rotatable bonds is 7. The van der Waals surface area contributed by atoms with Crippen LogP contribution in [-0.4, -0.2) is 18.1 Å². The first-order valence-corrected chi connectivity index (χ1v) is 10.7. The van der Waals surface area contributed by atoms with Crippen LogP contribution in [0.4, 0.5) is 5.69 Å². The number of carbonyl (C=O) groups is 1. The molecule has 0 bridgehead atoms. The summed E-state index contributed by atoms with van der Waals surface area (Å²) in [6.07, 6.45) is 4.48. The van der Waals surface area contributed by atoms with Crippen LogP contribution < -0.4 is 10.1 Å². The van der Waals surface area contributed by atoms with Gasteiger partial charge in [0, 0.05) is 5.69 Å². The monoisotopic (exact) mass is 435 g/mol. The van der Waals surface area contributed by atoms with Crippen LogP contribution in [0.5, 0.6) is 11.5 Å². The number of phenols is 1. The van der Waals surface area contributed by atoms with Gasteiger partial charge < -0.3 is 15.2 Å². The second-order valence-electron chi connectivity index (χ2n) is 7.56. The first-order valence-electron chi connectivity index (χ1n) is 10.7. The van der Waals surface area contributed by atoms with Crippen molar-refractivity contribution in [3.05, 3.63) is 120 Å². The van der Waals surface area contributed by atoms with Gasteiger partial charge in [0.15, 0.2) is 0 Å². The molecule has 4 heteroatoms. The average Bonchev–Trinajstić information content (AvgIpc) is 2.86. The van der Waals surface area contributed by atoms with Gasteiger partial charge in [-0.15, -0.1) is 0 Å². The van der Waals surface area contributed by atoms with E-state index in [0.29, 0.717) is 29.0 Å². The summed E-state index contributed by atoms with van der Waals surface area (Å²) in [6.45, 7) is 0. The third kappa shape index (κ3) is 5.31. The molecule has 0 aliphatic heterocycles. The molecule has 2 N–H and O–H groups in total. The lowest BCUT2D eigenvalue weighted by Gasteiger charge is -2.15. The fraction of sp³-hybridized carbons (Fsp3) is 0.0690. The van der Waals surface area contributed by atoms with Crippen LogP contribution in [0.15, 0.2) is 103 Å². The summed E-state index contributed by atoms with van der Waals surface area (Å²) < 4.78 is 5.18. The van der Waals surface area contributed by atoms with Crippen molar-refractivity contribution < 1.29 is 14.6 Å². The van der Waals surface area contributed by atoms with Crippen LogP contribution in [0.1, 0.15) is 21.5 Å². The number of ether oxygens (including phenoxy) is 1. The smallest absolute Gasteiger partial charge is 0.260 e. The number of nitrogens with one attached hydrogen (secondary N) is 1. The number of allylic oxidation sites excluding steroid dienone is 1. The zero-order chi connectivity index (χ0) is 23.0. The molecule has 1 amide bonds. The number of anilines is 1. The molecular formula is C29H25NO3. The molecule has 4 nitrogen and oxygen atoms in total. The van der Waals surface area contributed by atoms with Gasteiger partial charge in [-0.3, -0.25) is 4.79 Å². The van der Waals surface area contributed by atoms with E-state index in [4.69, 9.17) is 4.74 Å². The molecule has 0 spiro atoms. The largest absolute Gasteiger partial charge is 0.507 e. The summed E-state index contributed by atoms with van der Waals surface area (Å²) in [7, 11) is 1.59. The van der Waals surface area contributed by atoms with Crippen molar-refractivity contribution in [1.29, 1.82) is 0 Å². The van der Waals surface area contributed by atoms with E-state index >= 15 is 0 Å². The van der Waals surface area contributed by atoms with E-state index in [1.165, 1.54) is 0 Å². The Bertz CT molecular complexity index is 1250. The maximum atomic E-state index is 13.3. The first kappa shape index (κ1) is 21.9. The van der Waals surface area contributed by atoms with Crippen LogP contribution >= 0.6 is 0 Å². The van der Waals surface area contributed by atoms with E-state index < -0.39 is 0 Å². The summed E-state index contributed by atoms with van der Waals surface area (Å²) in [4.78, 5) is 13.3. The maximum Gasteiger partial charge on any atom is 0.260 e. The minimum atomic E-state index is -0.370. The second-order valence-corrected chi connectivity index (χ2v) is 7.56. The molecule has 4 aromatic rings. The topological polar surface area (TPSA) is 58.6 Å². The highest BCUT2D eigenvalue weighted by atomic mass is 16.5. The Kier molecular flexibility index (Phi) is 6.86. The molecule has 4 rings (SSSR count). The lowest BCUT2D eigenvalue weighted by Crippen LogP contribution is -2.14. The van der Waals surface area contributed by atoms with Crippen molar-refractivity contribution in [2.45, 2.75) is 6.42 Å². The van der Waals surface area contributed by atoms with E-state index in [2.05, 4.69) is 5.32 Å². The van der Waals surface area contributed by atoms with E-state index in [-0.39, 0.29) is 17.2 Å². The van der Waals surface area contributed by atoms with Gasteiger partial charge in [0.1, 0.15) is 11.5 Å². The number of benzene rings is 4. The lowest BCUT2D eigenvalue weighted by molar-refractivity contribution is 0.102. The molecule has 0 fully saturated rings. The Morgan fingerprint density at radius 3 is 2.21 bits per heavy atom. The molecule has 0 saturated heterocycles. The zero-order valence-electron chi connectivity index (χ0n) is 18.4. The predicted octanol–water partition coefficient (Wildman–Crippen LogP) is 6.58. The van der Waals surface area contributed by atoms with E-state index in [1.807, 2.05) is 84.9 Å². The number of hydrogen-bond acceptors (Lipinski definition) is 3. The number of amides is 1. The molecule has 0 heterocycles. The van der Waals surface area contributed by atoms with Crippen molar-refractivity contribution >= 4 is 17.7 Å². The Morgan fingerprint density at radius 2 is 1.55 bits per heavy atom. The number of methoxy groups -OCH3 is 1. The Hall–Kier alpha value is -4.31. The predicted molar refractivity (Wildman–Crippen MR) is 134 cm³/mol. The highest BCUT2D eigenvalue weighted by molar-refractivity contribution is 6.11. The quantitative estimate of drug-likeness (QED) is 0.345. The summed E-state index contributed by atoms with van der Waals surface area (Å²) in [5, 5.41) is 14.0. The van der Waals surface area contributed by atoms with Crippen LogP contribution in [0.25, 0.3) is 17.2 Å². The SMILES string of the molecule is COc1ccc(NC(=O)c2c(-c3ccccc3)ccc(C/C=C/c3ccccc3)c2O)cc1. The molecule has 33 heavy (non-hydrogen) atoms. The number of hydrogen-bond donors (Lipinski definition) is 2. The molecule has 0 radical (unpaired) electrons. The minimum Gasteiger partial charge on any atom is -0.507 e. The summed E-state index contributed by atoms with van der Waals surface area (Å²) in [5.74, 6) is 0.318. The van der Waals surface area contributed by atoms with Gasteiger partial charge in [-0.2, -0.15) is 0 Å². The van der Waals surface area contributed by atoms with Crippen LogP contribution in [0, 0.1) is 0 Å². The minimum absolute atomic E-state index is 0.0138. The Morgan fingerprint density at radius 1 is 0.879 bits per heavy atom. The molecule has 0 atom stereocenters. The van der Waals surface area contributed by atoms with E-state index in [1.54, 1.807) is 31.4 Å². The van der Waals surface area contributed by atoms with Crippen molar-refractivity contribution in [2.24, 2.45) is 0 Å². The maximum absolute atomic E-state index is 13.3. The standard InChI is InChI=1S/C29H25NO3/c1-33-25-18-16-24(17-19-25)30-29(32)27-26(22-12-6-3-7-13-22)20-15-23(28(27)31)14-8-11-21-9-4-2-5-10-21/h2-13,15-20,31H,14H2,1H3,(H,30,32)/b11-8+. The third-order valence-corrected chi connectivity index (χ3v) is 5.37. The molecule has 164 valence electrons. The fourth-order valence-corrected chi connectivity index (χ4v) is 3.64. The summed E-state index contributed by atoms with van der Waals surface area (Å²) in [5.41, 5.74) is 4.17. The molecule has 4 aromatic carbocycles. The van der Waals surface area contributed by atoms with Gasteiger partial charge in [-0.1, -0.05) is 84.9 Å². The molecule has 0 unspecified atom stereocenters. The highest BCUT2D eigenvalue weighted by Crippen LogP contribution is 2.34. The number of aromatic hydroxyl groups is 1. The van der Waals surface area contributed by atoms with Crippen molar-refractivity contribution in [2.75, 3.05) is 12.4 Å². The van der Waals surface area contributed by atoms with Gasteiger partial charge in [-0.25, -0.2) is 0 Å². The number of carbonyl (C=O) groups excluding carboxylic acids is 1. The van der Waals surface area contributed by atoms with Gasteiger partial charge in [0.05, 0.1) is 12.7 Å². The Labute approximate surface area is 193 Å². The summed E-state index contributed by atoms with van der Waals surface area (Å²) >= 11 is 0. The van der Waals surface area contributed by atoms with E-state index in [9.17, 15) is 9.90 Å². The fourth-order valence-electron chi connectivity index (χ4n) is 3.64. The normalized spacial score (nSPS) is 10.8. The second kappa shape index (κ2) is 10.3. The van der Waals surface area contributed by atoms with Gasteiger partial charge in [-0.05, 0) is 52.9 Å². The third-order valence-electron chi connectivity index (χ3n) is 5.37. The highest BCUT2D eigenvalue weighted by Gasteiger charge is 2.20. The molecule has 0 aromatic heterocycles. The van der Waals surface area contributed by atoms with Crippen LogP contribution in [0.2, 0.25) is 0 Å². The molecular weight excluding hydrogens is 410 g/mol. The van der Waals surface area contributed by atoms with Crippen molar-refractivity contribution in [3.8, 4) is 22.6 Å². The zero-order valence-corrected chi connectivity index (χ0v) is 18.4. The molecule has 0 aliphatic rings. The van der Waals surface area contributed by atoms with Crippen molar-refractivity contribution in [1.82, 2.24) is 0 Å². The lowest BCUT2D eigenvalue weighted by atomic mass is 9.94. The first-order chi connectivity index (χ1) is 16.2. The molecule has 0 aliphatic carbocycles. The van der Waals surface area contributed by atoms with Gasteiger partial charge >= 0.3 is 0 Å². The van der Waals surface area contributed by atoms with Crippen molar-refractivity contribution in [3.63, 3.8) is 0 Å². The van der Waals surface area contributed by atoms with E-state index in [0.717, 1.165) is 11.1 Å². The Balaban J connectivity index is 1.67.